The lowest BCUT2D eigenvalue weighted by Gasteiger charge is -2.20. The third-order valence-corrected chi connectivity index (χ3v) is 6.82. The van der Waals surface area contributed by atoms with Crippen LogP contribution in [-0.2, 0) is 10.8 Å². The highest BCUT2D eigenvalue weighted by Crippen LogP contribution is 2.41. The average molecular weight is 486 g/mol. The van der Waals surface area contributed by atoms with Crippen LogP contribution in [0.1, 0.15) is 53.1 Å². The number of pyridine rings is 2. The van der Waals surface area contributed by atoms with Crippen molar-refractivity contribution in [2.75, 3.05) is 0 Å². The van der Waals surface area contributed by atoms with Crippen molar-refractivity contribution in [1.82, 2.24) is 24.3 Å². The van der Waals surface area contributed by atoms with Gasteiger partial charge >= 0.3 is 0 Å². The molecular formula is C32H31N5. The average Bonchev–Trinajstić information content (AvgIpc) is 3.26. The van der Waals surface area contributed by atoms with Crippen LogP contribution in [0.25, 0.3) is 50.0 Å². The molecule has 0 bridgehead atoms. The Kier molecular flexibility index (Phi) is 5.16. The van der Waals surface area contributed by atoms with Gasteiger partial charge in [-0.15, -0.1) is 0 Å². The van der Waals surface area contributed by atoms with Gasteiger partial charge in [0, 0.05) is 28.3 Å². The Morgan fingerprint density at radius 2 is 1.32 bits per heavy atom. The molecule has 0 saturated carbocycles. The molecule has 6 rings (SSSR count). The summed E-state index contributed by atoms with van der Waals surface area (Å²) in [6.45, 7) is 13.0. The number of hydrogen-bond donors (Lipinski definition) is 0. The van der Waals surface area contributed by atoms with Gasteiger partial charge in [0.05, 0.1) is 33.8 Å². The summed E-state index contributed by atoms with van der Waals surface area (Å²) >= 11 is 0. The molecule has 0 aliphatic rings. The summed E-state index contributed by atoms with van der Waals surface area (Å²) in [6.07, 6.45) is 3.91. The van der Waals surface area contributed by atoms with Crippen LogP contribution < -0.4 is 0 Å². The van der Waals surface area contributed by atoms with Gasteiger partial charge in [-0.1, -0.05) is 102 Å². The molecule has 0 aliphatic heterocycles. The first-order valence-electron chi connectivity index (χ1n) is 12.8. The molecule has 2 aromatic carbocycles. The van der Waals surface area contributed by atoms with E-state index in [2.05, 4.69) is 101 Å². The van der Waals surface area contributed by atoms with Gasteiger partial charge in [0.1, 0.15) is 11.5 Å². The van der Waals surface area contributed by atoms with Gasteiger partial charge in [0.25, 0.3) is 0 Å². The molecule has 0 fully saturated rings. The molecule has 184 valence electrons. The van der Waals surface area contributed by atoms with Crippen LogP contribution in [0.15, 0.2) is 79.1 Å². The number of hydrogen-bond acceptors (Lipinski definition) is 4. The van der Waals surface area contributed by atoms with Crippen molar-refractivity contribution in [2.24, 2.45) is 0 Å². The van der Waals surface area contributed by atoms with Gasteiger partial charge in [-0.25, -0.2) is 15.0 Å². The first kappa shape index (κ1) is 23.3. The second kappa shape index (κ2) is 8.20. The molecule has 0 spiro atoms. The largest absolute Gasteiger partial charge is 0.289 e. The van der Waals surface area contributed by atoms with E-state index in [1.807, 2.05) is 24.5 Å². The summed E-state index contributed by atoms with van der Waals surface area (Å²) in [5, 5.41) is 0.931. The number of aromatic nitrogens is 5. The fourth-order valence-electron chi connectivity index (χ4n) is 4.86. The molecule has 0 aliphatic carbocycles. The smallest absolute Gasteiger partial charge is 0.149 e. The number of nitrogens with zero attached hydrogens (tertiary/aromatic N) is 5. The van der Waals surface area contributed by atoms with E-state index in [0.29, 0.717) is 0 Å². The maximum atomic E-state index is 5.21. The third-order valence-electron chi connectivity index (χ3n) is 6.82. The van der Waals surface area contributed by atoms with E-state index in [4.69, 9.17) is 19.9 Å². The fourth-order valence-corrected chi connectivity index (χ4v) is 4.86. The van der Waals surface area contributed by atoms with Crippen LogP contribution in [0.3, 0.4) is 0 Å². The standard InChI is InChI=1S/C32H31N5/c1-31(2,3)25-17-23-24(19-33-25)37-28(21-15-11-8-12-16-21)26(20-13-9-7-10-14-20)27-22(29(37)35-23)18-34-30(36-27)32(4,5)6/h7-19H,1-6H3. The van der Waals surface area contributed by atoms with Gasteiger partial charge in [0.2, 0.25) is 0 Å². The molecule has 4 aromatic heterocycles. The maximum Gasteiger partial charge on any atom is 0.149 e. The molecule has 5 nitrogen and oxygen atoms in total. The maximum absolute atomic E-state index is 5.21. The SMILES string of the molecule is CC(C)(C)c1cc2nc3c4cnc(C(C)(C)C)nc4c(-c4ccccc4)c(-c4ccccc4)n3c2cn1. The van der Waals surface area contributed by atoms with Crippen molar-refractivity contribution in [1.29, 1.82) is 0 Å². The van der Waals surface area contributed by atoms with E-state index in [1.165, 1.54) is 0 Å². The van der Waals surface area contributed by atoms with Gasteiger partial charge in [-0.2, -0.15) is 0 Å². The predicted octanol–water partition coefficient (Wildman–Crippen LogP) is 7.75. The first-order valence-corrected chi connectivity index (χ1v) is 12.8. The Bertz CT molecular complexity index is 1770. The minimum absolute atomic E-state index is 0.0752. The molecular weight excluding hydrogens is 454 g/mol. The summed E-state index contributed by atoms with van der Waals surface area (Å²) in [7, 11) is 0. The molecule has 5 heteroatoms. The van der Waals surface area contributed by atoms with Crippen molar-refractivity contribution in [2.45, 2.75) is 52.4 Å². The van der Waals surface area contributed by atoms with Crippen molar-refractivity contribution in [3.05, 3.63) is 90.6 Å². The minimum atomic E-state index is -0.188. The Morgan fingerprint density at radius 3 is 1.95 bits per heavy atom. The normalized spacial score (nSPS) is 12.6. The van der Waals surface area contributed by atoms with Crippen LogP contribution in [0.4, 0.5) is 0 Å². The predicted molar refractivity (Wildman–Crippen MR) is 152 cm³/mol. The third kappa shape index (κ3) is 3.86. The molecule has 0 N–H and O–H groups in total. The van der Waals surface area contributed by atoms with Gasteiger partial charge in [-0.3, -0.25) is 9.38 Å². The van der Waals surface area contributed by atoms with Crippen molar-refractivity contribution in [3.63, 3.8) is 0 Å². The summed E-state index contributed by atoms with van der Waals surface area (Å²) in [5.41, 5.74) is 8.74. The van der Waals surface area contributed by atoms with Crippen LogP contribution in [0, 0.1) is 0 Å². The van der Waals surface area contributed by atoms with E-state index in [0.717, 1.165) is 61.5 Å². The molecule has 0 atom stereocenters. The summed E-state index contributed by atoms with van der Waals surface area (Å²) < 4.78 is 2.24. The molecule has 0 radical (unpaired) electrons. The number of fused-ring (bicyclic) bond motifs is 5. The molecule has 6 aromatic rings. The van der Waals surface area contributed by atoms with Crippen LogP contribution >= 0.6 is 0 Å². The zero-order chi connectivity index (χ0) is 25.9. The summed E-state index contributed by atoms with van der Waals surface area (Å²) in [4.78, 5) is 20.1. The van der Waals surface area contributed by atoms with E-state index >= 15 is 0 Å². The lowest BCUT2D eigenvalue weighted by atomic mass is 9.91. The van der Waals surface area contributed by atoms with Crippen molar-refractivity contribution in [3.8, 4) is 22.4 Å². The highest BCUT2D eigenvalue weighted by Gasteiger charge is 2.26. The highest BCUT2D eigenvalue weighted by atomic mass is 15.0. The topological polar surface area (TPSA) is 56.0 Å². The Morgan fingerprint density at radius 1 is 0.676 bits per heavy atom. The van der Waals surface area contributed by atoms with E-state index in [1.54, 1.807) is 0 Å². The highest BCUT2D eigenvalue weighted by molar-refractivity contribution is 6.08. The van der Waals surface area contributed by atoms with Gasteiger partial charge in [0.15, 0.2) is 0 Å². The number of rotatable bonds is 2. The van der Waals surface area contributed by atoms with Crippen LogP contribution in [0.2, 0.25) is 0 Å². The Labute approximate surface area is 217 Å². The Balaban J connectivity index is 1.87. The van der Waals surface area contributed by atoms with Gasteiger partial charge in [-0.05, 0) is 17.2 Å². The lowest BCUT2D eigenvalue weighted by Crippen LogP contribution is -2.16. The summed E-state index contributed by atoms with van der Waals surface area (Å²) in [5.74, 6) is 0.813. The van der Waals surface area contributed by atoms with Crippen LogP contribution in [-0.4, -0.2) is 24.3 Å². The molecule has 0 unspecified atom stereocenters. The monoisotopic (exact) mass is 485 g/mol. The quantitative estimate of drug-likeness (QED) is 0.251. The van der Waals surface area contributed by atoms with E-state index in [-0.39, 0.29) is 10.8 Å². The first-order chi connectivity index (χ1) is 17.6. The molecule has 4 heterocycles. The number of benzene rings is 2. The molecule has 37 heavy (non-hydrogen) atoms. The molecule has 0 saturated heterocycles. The van der Waals surface area contributed by atoms with Gasteiger partial charge < -0.3 is 0 Å². The lowest BCUT2D eigenvalue weighted by molar-refractivity contribution is 0.548. The minimum Gasteiger partial charge on any atom is -0.289 e. The van der Waals surface area contributed by atoms with Crippen molar-refractivity contribution >= 4 is 27.6 Å². The van der Waals surface area contributed by atoms with Crippen LogP contribution in [0.5, 0.6) is 0 Å². The number of imidazole rings is 1. The second-order valence-corrected chi connectivity index (χ2v) is 11.7. The Hall–Kier alpha value is -4.12. The molecule has 0 amide bonds. The van der Waals surface area contributed by atoms with Crippen molar-refractivity contribution < 1.29 is 0 Å². The second-order valence-electron chi connectivity index (χ2n) is 11.7. The van der Waals surface area contributed by atoms with E-state index < -0.39 is 0 Å². The summed E-state index contributed by atoms with van der Waals surface area (Å²) in [6, 6.07) is 23.1. The zero-order valence-electron chi connectivity index (χ0n) is 22.2. The fraction of sp³-hybridized carbons (Fsp3) is 0.250. The zero-order valence-corrected chi connectivity index (χ0v) is 22.2. The van der Waals surface area contributed by atoms with E-state index in [9.17, 15) is 0 Å².